The van der Waals surface area contributed by atoms with Crippen LogP contribution < -0.4 is 4.74 Å². The number of aromatic hydroxyl groups is 1. The first-order chi connectivity index (χ1) is 14.3. The summed E-state index contributed by atoms with van der Waals surface area (Å²) in [5, 5.41) is 33.2. The van der Waals surface area contributed by atoms with Gasteiger partial charge in [-0.2, -0.15) is 0 Å². The van der Waals surface area contributed by atoms with Crippen molar-refractivity contribution in [3.63, 3.8) is 0 Å². The van der Waals surface area contributed by atoms with Crippen molar-refractivity contribution < 1.29 is 39.1 Å². The van der Waals surface area contributed by atoms with Gasteiger partial charge in [0.2, 0.25) is 0 Å². The molecule has 0 amide bonds. The van der Waals surface area contributed by atoms with E-state index in [9.17, 15) is 20.1 Å². The third kappa shape index (κ3) is 1.88. The maximum Gasteiger partial charge on any atom is 0.342 e. The number of rotatable bonds is 1. The van der Waals surface area contributed by atoms with Gasteiger partial charge in [-0.3, -0.25) is 0 Å². The number of hydrogen-bond donors (Lipinski definition) is 3. The van der Waals surface area contributed by atoms with Gasteiger partial charge in [-0.05, 0) is 13.8 Å². The average Bonchev–Trinajstić information content (AvgIpc) is 3.05. The second-order valence-electron chi connectivity index (χ2n) is 10.7. The fourth-order valence-electron chi connectivity index (χ4n) is 7.03. The lowest BCUT2D eigenvalue weighted by molar-refractivity contribution is -0.392. The highest BCUT2D eigenvalue weighted by molar-refractivity contribution is 5.96. The SMILES string of the molecule is CC(C)[C@@]12C[C@]3(C)[C@]4(Cc5c(cc(O)c6c5[C@@H](O)[C@@H](C)OC6=O)O[C@]4(C)C[C@]3(O)O1)O2. The molecule has 7 atom stereocenters. The maximum absolute atomic E-state index is 12.6. The second kappa shape index (κ2) is 5.20. The number of carbonyl (C=O) groups is 1. The van der Waals surface area contributed by atoms with Gasteiger partial charge in [0.15, 0.2) is 11.6 Å². The standard InChI is InChI=1S/C23H28O8/c1-10(2)21-8-19(4)22(30-21)7-12-14(29-20(22,5)9-23(19,27)31-21)6-13(24)16-15(12)17(25)11(3)28-18(16)26/h6,10-11,17,24-25,27H,7-9H2,1-5H3/t11-,17+,19-,20-,21-,22+,23+/m1/s1. The summed E-state index contributed by atoms with van der Waals surface area (Å²) in [6.07, 6.45) is -0.832. The second-order valence-corrected chi connectivity index (χ2v) is 10.7. The smallest absolute Gasteiger partial charge is 0.342 e. The molecule has 2 bridgehead atoms. The first-order valence-corrected chi connectivity index (χ1v) is 10.9. The number of carbonyl (C=O) groups excluding carboxylic acids is 1. The summed E-state index contributed by atoms with van der Waals surface area (Å²) >= 11 is 0. The van der Waals surface area contributed by atoms with Gasteiger partial charge in [-0.1, -0.05) is 20.8 Å². The van der Waals surface area contributed by atoms with E-state index in [1.54, 1.807) is 6.92 Å². The Kier molecular flexibility index (Phi) is 3.32. The molecule has 3 N–H and O–H groups in total. The van der Waals surface area contributed by atoms with Crippen LogP contribution in [-0.2, 0) is 20.6 Å². The number of fused-ring (bicyclic) bond motifs is 4. The first kappa shape index (κ1) is 19.8. The van der Waals surface area contributed by atoms with Crippen molar-refractivity contribution in [3.8, 4) is 11.5 Å². The van der Waals surface area contributed by atoms with Gasteiger partial charge in [0.05, 0.1) is 5.41 Å². The summed E-state index contributed by atoms with van der Waals surface area (Å²) in [6.45, 7) is 9.50. The number of hydrogen-bond acceptors (Lipinski definition) is 8. The molecule has 1 aromatic carbocycles. The largest absolute Gasteiger partial charge is 0.507 e. The molecule has 3 fully saturated rings. The maximum atomic E-state index is 12.6. The molecule has 5 aliphatic rings. The zero-order chi connectivity index (χ0) is 22.4. The van der Waals surface area contributed by atoms with E-state index in [1.807, 2.05) is 27.7 Å². The third-order valence-corrected chi connectivity index (χ3v) is 8.77. The van der Waals surface area contributed by atoms with E-state index in [4.69, 9.17) is 18.9 Å². The Bertz CT molecular complexity index is 1050. The Morgan fingerprint density at radius 2 is 1.90 bits per heavy atom. The number of phenols is 1. The number of ether oxygens (including phenoxy) is 4. The minimum atomic E-state index is -1.43. The highest BCUT2D eigenvalue weighted by Gasteiger charge is 2.89. The first-order valence-electron chi connectivity index (χ1n) is 10.9. The molecule has 1 aromatic rings. The summed E-state index contributed by atoms with van der Waals surface area (Å²) < 4.78 is 24.7. The van der Waals surface area contributed by atoms with Gasteiger partial charge in [0, 0.05) is 42.4 Å². The predicted molar refractivity (Wildman–Crippen MR) is 105 cm³/mol. The van der Waals surface area contributed by atoms with Gasteiger partial charge in [0.1, 0.15) is 40.5 Å². The van der Waals surface area contributed by atoms with Crippen LogP contribution in [0.3, 0.4) is 0 Å². The Morgan fingerprint density at radius 3 is 2.55 bits per heavy atom. The van der Waals surface area contributed by atoms with Gasteiger partial charge < -0.3 is 34.3 Å². The number of esters is 1. The molecule has 4 heterocycles. The van der Waals surface area contributed by atoms with Gasteiger partial charge in [-0.25, -0.2) is 4.79 Å². The predicted octanol–water partition coefficient (Wildman–Crippen LogP) is 2.32. The van der Waals surface area contributed by atoms with Crippen molar-refractivity contribution in [1.82, 2.24) is 0 Å². The highest BCUT2D eigenvalue weighted by Crippen LogP contribution is 2.77. The Morgan fingerprint density at radius 1 is 1.19 bits per heavy atom. The molecule has 1 aliphatic carbocycles. The van der Waals surface area contributed by atoms with Gasteiger partial charge in [0.25, 0.3) is 0 Å². The van der Waals surface area contributed by atoms with Crippen LogP contribution in [0.5, 0.6) is 11.5 Å². The summed E-state index contributed by atoms with van der Waals surface area (Å²) in [6, 6.07) is 1.40. The van der Waals surface area contributed by atoms with Crippen molar-refractivity contribution in [2.45, 2.75) is 88.9 Å². The van der Waals surface area contributed by atoms with Crippen molar-refractivity contribution in [1.29, 1.82) is 0 Å². The van der Waals surface area contributed by atoms with E-state index in [2.05, 4.69) is 0 Å². The summed E-state index contributed by atoms with van der Waals surface area (Å²) in [4.78, 5) is 12.6. The van der Waals surface area contributed by atoms with Crippen LogP contribution >= 0.6 is 0 Å². The molecule has 6 rings (SSSR count). The molecule has 8 nitrogen and oxygen atoms in total. The lowest BCUT2D eigenvalue weighted by atomic mass is 9.65. The number of aliphatic hydroxyl groups excluding tert-OH is 1. The number of benzene rings is 1. The average molecular weight is 432 g/mol. The molecule has 1 spiro atoms. The molecule has 0 aromatic heterocycles. The normalized spacial score (nSPS) is 48.8. The van der Waals surface area contributed by atoms with E-state index in [-0.39, 0.29) is 23.7 Å². The zero-order valence-corrected chi connectivity index (χ0v) is 18.3. The monoisotopic (exact) mass is 432 g/mol. The van der Waals surface area contributed by atoms with Crippen LogP contribution in [0, 0.1) is 11.3 Å². The van der Waals surface area contributed by atoms with Crippen molar-refractivity contribution in [3.05, 3.63) is 22.8 Å². The van der Waals surface area contributed by atoms with Crippen LogP contribution in [0.25, 0.3) is 0 Å². The molecule has 31 heavy (non-hydrogen) atoms. The molecule has 0 unspecified atom stereocenters. The molecule has 0 radical (unpaired) electrons. The molecular formula is C23H28O8. The topological polar surface area (TPSA) is 115 Å². The fraction of sp³-hybridized carbons (Fsp3) is 0.696. The van der Waals surface area contributed by atoms with E-state index in [0.29, 0.717) is 29.7 Å². The third-order valence-electron chi connectivity index (χ3n) is 8.77. The molecule has 1 saturated carbocycles. The zero-order valence-electron chi connectivity index (χ0n) is 18.3. The summed E-state index contributed by atoms with van der Waals surface area (Å²) in [5.41, 5.74) is -1.72. The molecule has 2 saturated heterocycles. The minimum absolute atomic E-state index is 0.00158. The Hall–Kier alpha value is -1.87. The molecule has 8 heteroatoms. The lowest BCUT2D eigenvalue weighted by Gasteiger charge is -2.53. The lowest BCUT2D eigenvalue weighted by Crippen LogP contribution is -2.65. The van der Waals surface area contributed by atoms with E-state index in [0.717, 1.165) is 0 Å². The quantitative estimate of drug-likeness (QED) is 0.580. The van der Waals surface area contributed by atoms with Crippen molar-refractivity contribution in [2.24, 2.45) is 11.3 Å². The Labute approximate surface area is 180 Å². The number of phenolic OH excluding ortho intramolecular Hbond substituents is 1. The minimum Gasteiger partial charge on any atom is -0.507 e. The number of cyclic esters (lactones) is 1. The van der Waals surface area contributed by atoms with Gasteiger partial charge >= 0.3 is 5.97 Å². The van der Waals surface area contributed by atoms with Gasteiger partial charge in [-0.15, -0.1) is 0 Å². The van der Waals surface area contributed by atoms with Crippen LogP contribution in [0.15, 0.2) is 6.07 Å². The van der Waals surface area contributed by atoms with Crippen LogP contribution in [0.4, 0.5) is 0 Å². The van der Waals surface area contributed by atoms with Crippen molar-refractivity contribution >= 4 is 5.97 Å². The summed E-state index contributed by atoms with van der Waals surface area (Å²) in [5.74, 6) is -2.97. The van der Waals surface area contributed by atoms with Crippen LogP contribution in [0.2, 0.25) is 0 Å². The van der Waals surface area contributed by atoms with Crippen LogP contribution in [-0.4, -0.2) is 50.2 Å². The Balaban J connectivity index is 1.60. The highest BCUT2D eigenvalue weighted by atomic mass is 16.8. The van der Waals surface area contributed by atoms with Crippen LogP contribution in [0.1, 0.15) is 75.0 Å². The van der Waals surface area contributed by atoms with E-state index in [1.165, 1.54) is 6.07 Å². The summed E-state index contributed by atoms with van der Waals surface area (Å²) in [7, 11) is 0. The molecular weight excluding hydrogens is 404 g/mol. The molecule has 168 valence electrons. The van der Waals surface area contributed by atoms with E-state index < -0.39 is 46.4 Å². The molecule has 4 aliphatic heterocycles. The number of aliphatic hydroxyl groups is 2. The van der Waals surface area contributed by atoms with Crippen molar-refractivity contribution in [2.75, 3.05) is 0 Å². The van der Waals surface area contributed by atoms with E-state index >= 15 is 0 Å². The fourth-order valence-corrected chi connectivity index (χ4v) is 7.03.